The Hall–Kier alpha value is -1.55. The summed E-state index contributed by atoms with van der Waals surface area (Å²) in [5.74, 6) is -0.746. The van der Waals surface area contributed by atoms with Gasteiger partial charge in [0.05, 0.1) is 5.41 Å². The van der Waals surface area contributed by atoms with Gasteiger partial charge in [0.1, 0.15) is 0 Å². The number of benzene rings is 1. The van der Waals surface area contributed by atoms with E-state index in [-0.39, 0.29) is 12.3 Å². The Kier molecular flexibility index (Phi) is 5.46. The van der Waals surface area contributed by atoms with Gasteiger partial charge in [-0.25, -0.2) is 0 Å². The number of hydrogen-bond donors (Lipinski definition) is 1. The van der Waals surface area contributed by atoms with Crippen LogP contribution < -0.4 is 0 Å². The van der Waals surface area contributed by atoms with Gasteiger partial charge in [0.2, 0.25) is 5.91 Å². The summed E-state index contributed by atoms with van der Waals surface area (Å²) in [6, 6.07) is 7.56. The molecule has 1 amide bonds. The van der Waals surface area contributed by atoms with Crippen LogP contribution in [-0.2, 0) is 15.0 Å². The number of carboxylic acids is 1. The summed E-state index contributed by atoms with van der Waals surface area (Å²) in [5, 5.41) is 9.36. The van der Waals surface area contributed by atoms with Gasteiger partial charge in [-0.3, -0.25) is 9.59 Å². The SMILES string of the molecule is CN(CCCC(=O)O)C(=O)C1(c2cccc(Cl)c2)CCCC1. The van der Waals surface area contributed by atoms with E-state index in [0.29, 0.717) is 18.0 Å². The van der Waals surface area contributed by atoms with E-state index in [1.807, 2.05) is 24.3 Å². The van der Waals surface area contributed by atoms with Crippen molar-refractivity contribution in [1.82, 2.24) is 4.90 Å². The number of hydrogen-bond acceptors (Lipinski definition) is 2. The van der Waals surface area contributed by atoms with Crippen molar-refractivity contribution in [2.75, 3.05) is 13.6 Å². The van der Waals surface area contributed by atoms with E-state index in [1.165, 1.54) is 0 Å². The molecule has 0 saturated heterocycles. The number of carboxylic acid groups (broad SMARTS) is 1. The zero-order valence-corrected chi connectivity index (χ0v) is 13.6. The zero-order chi connectivity index (χ0) is 16.2. The average molecular weight is 324 g/mol. The fourth-order valence-electron chi connectivity index (χ4n) is 3.33. The molecule has 0 bridgehead atoms. The van der Waals surface area contributed by atoms with Crippen LogP contribution in [0.25, 0.3) is 0 Å². The first-order valence-corrected chi connectivity index (χ1v) is 8.07. The lowest BCUT2D eigenvalue weighted by Crippen LogP contribution is -2.44. The number of likely N-dealkylation sites (N-methyl/N-ethyl adjacent to an activating group) is 1. The quantitative estimate of drug-likeness (QED) is 0.872. The first-order valence-electron chi connectivity index (χ1n) is 7.69. The second kappa shape index (κ2) is 7.14. The maximum atomic E-state index is 13.0. The first kappa shape index (κ1) is 16.8. The molecular weight excluding hydrogens is 302 g/mol. The fourth-order valence-corrected chi connectivity index (χ4v) is 3.52. The average Bonchev–Trinajstić information content (AvgIpc) is 2.96. The molecule has 0 aliphatic heterocycles. The summed E-state index contributed by atoms with van der Waals surface area (Å²) in [7, 11) is 1.76. The molecule has 4 nitrogen and oxygen atoms in total. The van der Waals surface area contributed by atoms with Crippen LogP contribution in [0, 0.1) is 0 Å². The van der Waals surface area contributed by atoms with Gasteiger partial charge in [0, 0.05) is 25.0 Å². The Bertz CT molecular complexity index is 553. The second-order valence-corrected chi connectivity index (χ2v) is 6.46. The molecule has 5 heteroatoms. The smallest absolute Gasteiger partial charge is 0.303 e. The maximum Gasteiger partial charge on any atom is 0.303 e. The second-order valence-electron chi connectivity index (χ2n) is 6.02. The zero-order valence-electron chi connectivity index (χ0n) is 12.8. The van der Waals surface area contributed by atoms with Crippen molar-refractivity contribution in [2.45, 2.75) is 43.9 Å². The minimum absolute atomic E-state index is 0.0812. The molecule has 0 atom stereocenters. The molecule has 1 aliphatic rings. The molecule has 1 aromatic carbocycles. The van der Waals surface area contributed by atoms with Gasteiger partial charge < -0.3 is 10.0 Å². The minimum Gasteiger partial charge on any atom is -0.481 e. The van der Waals surface area contributed by atoms with E-state index < -0.39 is 11.4 Å². The molecule has 22 heavy (non-hydrogen) atoms. The summed E-state index contributed by atoms with van der Waals surface area (Å²) < 4.78 is 0. The van der Waals surface area contributed by atoms with Gasteiger partial charge in [-0.2, -0.15) is 0 Å². The van der Waals surface area contributed by atoms with Crippen LogP contribution in [0.3, 0.4) is 0 Å². The topological polar surface area (TPSA) is 57.6 Å². The molecule has 1 saturated carbocycles. The number of nitrogens with zero attached hydrogens (tertiary/aromatic N) is 1. The van der Waals surface area contributed by atoms with Crippen LogP contribution in [0.5, 0.6) is 0 Å². The predicted molar refractivity (Wildman–Crippen MR) is 86.1 cm³/mol. The van der Waals surface area contributed by atoms with Crippen molar-refractivity contribution < 1.29 is 14.7 Å². The van der Waals surface area contributed by atoms with Crippen molar-refractivity contribution in [1.29, 1.82) is 0 Å². The van der Waals surface area contributed by atoms with Gasteiger partial charge in [-0.1, -0.05) is 36.6 Å². The van der Waals surface area contributed by atoms with Crippen molar-refractivity contribution in [3.63, 3.8) is 0 Å². The van der Waals surface area contributed by atoms with Crippen molar-refractivity contribution in [3.8, 4) is 0 Å². The maximum absolute atomic E-state index is 13.0. The number of rotatable bonds is 6. The van der Waals surface area contributed by atoms with E-state index in [0.717, 1.165) is 31.2 Å². The van der Waals surface area contributed by atoms with Gasteiger partial charge in [-0.15, -0.1) is 0 Å². The van der Waals surface area contributed by atoms with Crippen molar-refractivity contribution in [2.24, 2.45) is 0 Å². The van der Waals surface area contributed by atoms with E-state index in [9.17, 15) is 9.59 Å². The Morgan fingerprint density at radius 3 is 2.59 bits per heavy atom. The number of amides is 1. The van der Waals surface area contributed by atoms with Crippen LogP contribution in [0.1, 0.15) is 44.1 Å². The molecule has 120 valence electrons. The summed E-state index contributed by atoms with van der Waals surface area (Å²) >= 11 is 6.10. The number of carbonyl (C=O) groups excluding carboxylic acids is 1. The lowest BCUT2D eigenvalue weighted by molar-refractivity contribution is -0.139. The van der Waals surface area contributed by atoms with Crippen LogP contribution in [0.2, 0.25) is 5.02 Å². The Labute approximate surface area is 136 Å². The molecule has 0 heterocycles. The fraction of sp³-hybridized carbons (Fsp3) is 0.529. The van der Waals surface area contributed by atoms with Crippen LogP contribution in [0.15, 0.2) is 24.3 Å². The highest BCUT2D eigenvalue weighted by Crippen LogP contribution is 2.43. The normalized spacial score (nSPS) is 16.5. The minimum atomic E-state index is -0.828. The summed E-state index contributed by atoms with van der Waals surface area (Å²) in [5.41, 5.74) is 0.482. The molecule has 0 unspecified atom stereocenters. The Morgan fingerprint density at radius 1 is 1.32 bits per heavy atom. The highest BCUT2D eigenvalue weighted by molar-refractivity contribution is 6.30. The highest BCUT2D eigenvalue weighted by atomic mass is 35.5. The number of carbonyl (C=O) groups is 2. The van der Waals surface area contributed by atoms with E-state index in [4.69, 9.17) is 16.7 Å². The molecule has 1 N–H and O–H groups in total. The standard InChI is InChI=1S/C17H22ClNO3/c1-19(11-5-8-15(20)21)16(22)17(9-2-3-10-17)13-6-4-7-14(18)12-13/h4,6-7,12H,2-3,5,8-11H2,1H3,(H,20,21). The third-order valence-corrected chi connectivity index (χ3v) is 4.71. The summed E-state index contributed by atoms with van der Waals surface area (Å²) in [4.78, 5) is 25.3. The van der Waals surface area contributed by atoms with Crippen molar-refractivity contribution in [3.05, 3.63) is 34.9 Å². The summed E-state index contributed by atoms with van der Waals surface area (Å²) in [6.45, 7) is 0.466. The van der Waals surface area contributed by atoms with E-state index in [2.05, 4.69) is 0 Å². The monoisotopic (exact) mass is 323 g/mol. The molecular formula is C17H22ClNO3. The molecule has 0 spiro atoms. The lowest BCUT2D eigenvalue weighted by Gasteiger charge is -2.33. The molecule has 1 aliphatic carbocycles. The van der Waals surface area contributed by atoms with E-state index in [1.54, 1.807) is 11.9 Å². The summed E-state index contributed by atoms with van der Waals surface area (Å²) in [6.07, 6.45) is 4.28. The van der Waals surface area contributed by atoms with Gasteiger partial charge in [0.25, 0.3) is 0 Å². The van der Waals surface area contributed by atoms with Crippen molar-refractivity contribution >= 4 is 23.5 Å². The molecule has 0 radical (unpaired) electrons. The van der Waals surface area contributed by atoms with Crippen LogP contribution in [-0.4, -0.2) is 35.5 Å². The lowest BCUT2D eigenvalue weighted by atomic mass is 9.77. The molecule has 1 fully saturated rings. The highest BCUT2D eigenvalue weighted by Gasteiger charge is 2.44. The van der Waals surface area contributed by atoms with Gasteiger partial charge in [-0.05, 0) is 37.0 Å². The van der Waals surface area contributed by atoms with E-state index >= 15 is 0 Å². The molecule has 1 aromatic rings. The largest absolute Gasteiger partial charge is 0.481 e. The van der Waals surface area contributed by atoms with Gasteiger partial charge in [0.15, 0.2) is 0 Å². The number of halogens is 1. The molecule has 2 rings (SSSR count). The number of aliphatic carboxylic acids is 1. The third kappa shape index (κ3) is 3.61. The predicted octanol–water partition coefficient (Wildman–Crippen LogP) is 3.48. The van der Waals surface area contributed by atoms with Crippen LogP contribution >= 0.6 is 11.6 Å². The third-order valence-electron chi connectivity index (χ3n) is 4.47. The van der Waals surface area contributed by atoms with Gasteiger partial charge >= 0.3 is 5.97 Å². The Morgan fingerprint density at radius 2 is 2.00 bits per heavy atom. The Balaban J connectivity index is 2.16. The first-order chi connectivity index (χ1) is 10.5. The molecule has 0 aromatic heterocycles. The van der Waals surface area contributed by atoms with Crippen LogP contribution in [0.4, 0.5) is 0 Å².